The summed E-state index contributed by atoms with van der Waals surface area (Å²) in [5, 5.41) is 2.89. The van der Waals surface area contributed by atoms with Gasteiger partial charge in [0.2, 0.25) is 0 Å². The summed E-state index contributed by atoms with van der Waals surface area (Å²) in [6.07, 6.45) is -4.70. The molecule has 0 aliphatic heterocycles. The van der Waals surface area contributed by atoms with Crippen molar-refractivity contribution in [1.29, 1.82) is 0 Å². The second kappa shape index (κ2) is 10.7. The van der Waals surface area contributed by atoms with Crippen LogP contribution in [0.25, 0.3) is 0 Å². The van der Waals surface area contributed by atoms with Crippen LogP contribution >= 0.6 is 24.0 Å². The van der Waals surface area contributed by atoms with E-state index < -0.39 is 6.36 Å². The lowest BCUT2D eigenvalue weighted by Gasteiger charge is -2.09. The Labute approximate surface area is 166 Å². The third-order valence-corrected chi connectivity index (χ3v) is 3.01. The summed E-state index contributed by atoms with van der Waals surface area (Å²) >= 11 is 0. The Kier molecular flexibility index (Phi) is 9.03. The number of nitrogens with one attached hydrogen (secondary N) is 1. The van der Waals surface area contributed by atoms with Crippen molar-refractivity contribution < 1.29 is 22.6 Å². The molecule has 2 aromatic rings. The monoisotopic (exact) mass is 481 g/mol. The Morgan fingerprint density at radius 1 is 1.00 bits per heavy atom. The quantitative estimate of drug-likeness (QED) is 0.274. The van der Waals surface area contributed by atoms with E-state index in [-0.39, 0.29) is 42.2 Å². The van der Waals surface area contributed by atoms with Gasteiger partial charge in [-0.15, -0.1) is 37.1 Å². The van der Waals surface area contributed by atoms with Crippen molar-refractivity contribution in [3.63, 3.8) is 0 Å². The van der Waals surface area contributed by atoms with E-state index in [4.69, 9.17) is 10.5 Å². The third-order valence-electron chi connectivity index (χ3n) is 3.01. The van der Waals surface area contributed by atoms with Crippen LogP contribution in [0.3, 0.4) is 0 Å². The number of nitrogens with two attached hydrogens (primary N) is 1. The number of aliphatic imine (C=N–C) groups is 1. The van der Waals surface area contributed by atoms with Crippen molar-refractivity contribution >= 4 is 29.9 Å². The van der Waals surface area contributed by atoms with Crippen molar-refractivity contribution in [3.05, 3.63) is 60.2 Å². The molecule has 0 saturated carbocycles. The molecule has 3 N–H and O–H groups in total. The molecule has 0 spiro atoms. The molecule has 0 atom stereocenters. The van der Waals surface area contributed by atoms with Gasteiger partial charge in [0.1, 0.15) is 18.1 Å². The van der Waals surface area contributed by atoms with Crippen LogP contribution in [0.1, 0.15) is 5.56 Å². The van der Waals surface area contributed by atoms with Crippen LogP contribution in [0.2, 0.25) is 0 Å². The number of guanidine groups is 1. The summed E-state index contributed by atoms with van der Waals surface area (Å²) in [5.74, 6) is 0.720. The van der Waals surface area contributed by atoms with E-state index in [2.05, 4.69) is 15.0 Å². The third kappa shape index (κ3) is 8.79. The van der Waals surface area contributed by atoms with Crippen LogP contribution in [0.4, 0.5) is 13.2 Å². The molecule has 9 heteroatoms. The van der Waals surface area contributed by atoms with Gasteiger partial charge in [0.25, 0.3) is 0 Å². The fraction of sp³-hybridized carbons (Fsp3) is 0.235. The van der Waals surface area contributed by atoms with E-state index in [1.807, 2.05) is 30.3 Å². The van der Waals surface area contributed by atoms with Crippen LogP contribution in [0.5, 0.6) is 11.5 Å². The van der Waals surface area contributed by atoms with Gasteiger partial charge >= 0.3 is 6.36 Å². The lowest BCUT2D eigenvalue weighted by atomic mass is 10.2. The molecule has 142 valence electrons. The first-order valence-electron chi connectivity index (χ1n) is 7.49. The number of alkyl halides is 3. The molecule has 26 heavy (non-hydrogen) atoms. The first kappa shape index (κ1) is 21.9. The number of hydrogen-bond acceptors (Lipinski definition) is 3. The van der Waals surface area contributed by atoms with E-state index in [0.717, 1.165) is 5.75 Å². The fourth-order valence-corrected chi connectivity index (χ4v) is 1.89. The lowest BCUT2D eigenvalue weighted by molar-refractivity contribution is -0.274. The molecule has 5 nitrogen and oxygen atoms in total. The van der Waals surface area contributed by atoms with Crippen LogP contribution in [-0.4, -0.2) is 25.5 Å². The maximum Gasteiger partial charge on any atom is 0.573 e. The zero-order valence-electron chi connectivity index (χ0n) is 13.7. The summed E-state index contributed by atoms with van der Waals surface area (Å²) in [5.41, 5.74) is 6.43. The molecule has 2 aromatic carbocycles. The van der Waals surface area contributed by atoms with Crippen LogP contribution in [0, 0.1) is 0 Å². The Morgan fingerprint density at radius 3 is 2.27 bits per heavy atom. The van der Waals surface area contributed by atoms with Crippen molar-refractivity contribution in [2.45, 2.75) is 12.9 Å². The van der Waals surface area contributed by atoms with Gasteiger partial charge in [0, 0.05) is 0 Å². The summed E-state index contributed by atoms with van der Waals surface area (Å²) < 4.78 is 45.5. The average molecular weight is 481 g/mol. The van der Waals surface area contributed by atoms with Gasteiger partial charge in [-0.2, -0.15) is 0 Å². The lowest BCUT2D eigenvalue weighted by Crippen LogP contribution is -2.34. The zero-order chi connectivity index (χ0) is 18.1. The van der Waals surface area contributed by atoms with Crippen molar-refractivity contribution in [3.8, 4) is 11.5 Å². The molecule has 0 aliphatic carbocycles. The molecule has 0 radical (unpaired) electrons. The SMILES string of the molecule is I.NC(=NCc1ccc(OC(F)(F)F)cc1)NCCOc1ccccc1. The van der Waals surface area contributed by atoms with E-state index in [1.165, 1.54) is 24.3 Å². The minimum Gasteiger partial charge on any atom is -0.492 e. The highest BCUT2D eigenvalue weighted by atomic mass is 127. The second-order valence-corrected chi connectivity index (χ2v) is 4.98. The molecule has 0 fully saturated rings. The highest BCUT2D eigenvalue weighted by Gasteiger charge is 2.30. The zero-order valence-corrected chi connectivity index (χ0v) is 16.0. The molecular weight excluding hydrogens is 462 g/mol. The van der Waals surface area contributed by atoms with Gasteiger partial charge in [-0.1, -0.05) is 30.3 Å². The average Bonchev–Trinajstić information content (AvgIpc) is 2.58. The number of benzene rings is 2. The molecule has 0 bridgehead atoms. The maximum absolute atomic E-state index is 12.1. The van der Waals surface area contributed by atoms with Crippen molar-refractivity contribution in [2.75, 3.05) is 13.2 Å². The van der Waals surface area contributed by atoms with Crippen molar-refractivity contribution in [1.82, 2.24) is 5.32 Å². The minimum atomic E-state index is -4.70. The first-order valence-corrected chi connectivity index (χ1v) is 7.49. The van der Waals surface area contributed by atoms with Gasteiger partial charge in [0.15, 0.2) is 5.96 Å². The van der Waals surface area contributed by atoms with Gasteiger partial charge in [-0.05, 0) is 29.8 Å². The topological polar surface area (TPSA) is 68.9 Å². The molecule has 0 unspecified atom stereocenters. The minimum absolute atomic E-state index is 0. The second-order valence-electron chi connectivity index (χ2n) is 4.98. The predicted octanol–water partition coefficient (Wildman–Crippen LogP) is 3.69. The Morgan fingerprint density at radius 2 is 1.65 bits per heavy atom. The highest BCUT2D eigenvalue weighted by molar-refractivity contribution is 14.0. The van der Waals surface area contributed by atoms with Gasteiger partial charge in [0.05, 0.1) is 13.1 Å². The predicted molar refractivity (Wildman–Crippen MR) is 104 cm³/mol. The molecule has 0 heterocycles. The summed E-state index contributed by atoms with van der Waals surface area (Å²) in [6, 6.07) is 14.8. The number of para-hydroxylation sites is 1. The normalized spacial score (nSPS) is 11.4. The Balaban J connectivity index is 0.00000338. The number of rotatable bonds is 7. The van der Waals surface area contributed by atoms with Gasteiger partial charge in [-0.3, -0.25) is 0 Å². The first-order chi connectivity index (χ1) is 11.9. The fourth-order valence-electron chi connectivity index (χ4n) is 1.89. The molecule has 0 amide bonds. The smallest absolute Gasteiger partial charge is 0.492 e. The molecule has 0 saturated heterocycles. The van der Waals surface area contributed by atoms with Crippen molar-refractivity contribution in [2.24, 2.45) is 10.7 Å². The van der Waals surface area contributed by atoms with E-state index >= 15 is 0 Å². The summed E-state index contributed by atoms with van der Waals surface area (Å²) in [7, 11) is 0. The number of halogens is 4. The van der Waals surface area contributed by atoms with Crippen LogP contribution < -0.4 is 20.5 Å². The standard InChI is InChI=1S/C17H18F3N3O2.HI/c18-17(19,20)25-15-8-6-13(7-9-15)12-23-16(21)22-10-11-24-14-4-2-1-3-5-14;/h1-9H,10-12H2,(H3,21,22,23);1H. The Bertz CT molecular complexity index is 680. The molecule has 0 aromatic heterocycles. The summed E-state index contributed by atoms with van der Waals surface area (Å²) in [6.45, 7) is 1.14. The van der Waals surface area contributed by atoms with E-state index in [9.17, 15) is 13.2 Å². The highest BCUT2D eigenvalue weighted by Crippen LogP contribution is 2.22. The number of nitrogens with zero attached hydrogens (tertiary/aromatic N) is 1. The summed E-state index contributed by atoms with van der Waals surface area (Å²) in [4.78, 5) is 4.11. The molecule has 2 rings (SSSR count). The van der Waals surface area contributed by atoms with E-state index in [0.29, 0.717) is 18.7 Å². The van der Waals surface area contributed by atoms with Gasteiger partial charge in [-0.25, -0.2) is 4.99 Å². The largest absolute Gasteiger partial charge is 0.573 e. The maximum atomic E-state index is 12.1. The Hall–Kier alpha value is -2.17. The molecule has 0 aliphatic rings. The van der Waals surface area contributed by atoms with Gasteiger partial charge < -0.3 is 20.5 Å². The van der Waals surface area contributed by atoms with E-state index in [1.54, 1.807) is 0 Å². The number of ether oxygens (including phenoxy) is 2. The molecular formula is C17H19F3IN3O2. The number of hydrogen-bond donors (Lipinski definition) is 2. The van der Waals surface area contributed by atoms with Crippen LogP contribution in [-0.2, 0) is 6.54 Å². The van der Waals surface area contributed by atoms with Crippen LogP contribution in [0.15, 0.2) is 59.6 Å².